The van der Waals surface area contributed by atoms with Gasteiger partial charge in [-0.15, -0.1) is 0 Å². The van der Waals surface area contributed by atoms with Crippen molar-refractivity contribution >= 4 is 0 Å². The Labute approximate surface area is 128 Å². The maximum absolute atomic E-state index is 13.6. The highest BCUT2D eigenvalue weighted by atomic mass is 19.4. The van der Waals surface area contributed by atoms with Gasteiger partial charge in [0.05, 0.1) is 5.56 Å². The molecule has 0 amide bonds. The number of alkyl halides is 6. The summed E-state index contributed by atoms with van der Waals surface area (Å²) in [5.41, 5.74) is -6.81. The lowest BCUT2D eigenvalue weighted by atomic mass is 9.82. The molecule has 0 aromatic heterocycles. The molecule has 2 aromatic carbocycles. The van der Waals surface area contributed by atoms with Crippen molar-refractivity contribution in [1.29, 1.82) is 0 Å². The fraction of sp³-hybridized carbons (Fsp3) is 0.250. The summed E-state index contributed by atoms with van der Waals surface area (Å²) >= 11 is 0. The van der Waals surface area contributed by atoms with Crippen LogP contribution in [0, 0.1) is 6.92 Å². The Morgan fingerprint density at radius 3 is 1.83 bits per heavy atom. The van der Waals surface area contributed by atoms with Crippen molar-refractivity contribution in [2.45, 2.75) is 24.9 Å². The fourth-order valence-electron chi connectivity index (χ4n) is 2.39. The van der Waals surface area contributed by atoms with Crippen LogP contribution < -0.4 is 0 Å². The fourth-order valence-corrected chi connectivity index (χ4v) is 2.39. The van der Waals surface area contributed by atoms with Gasteiger partial charge in [0, 0.05) is 5.56 Å². The van der Waals surface area contributed by atoms with Crippen LogP contribution in [0.4, 0.5) is 26.3 Å². The Kier molecular flexibility index (Phi) is 4.19. The van der Waals surface area contributed by atoms with Gasteiger partial charge in [0.1, 0.15) is 0 Å². The van der Waals surface area contributed by atoms with Gasteiger partial charge in [0.25, 0.3) is 0 Å². The molecule has 1 nitrogen and oxygen atoms in total. The first-order chi connectivity index (χ1) is 10.5. The Morgan fingerprint density at radius 1 is 0.783 bits per heavy atom. The Hall–Kier alpha value is -2.02. The average molecular weight is 334 g/mol. The quantitative estimate of drug-likeness (QED) is 0.781. The van der Waals surface area contributed by atoms with Crippen molar-refractivity contribution in [3.63, 3.8) is 0 Å². The molecule has 0 aliphatic heterocycles. The summed E-state index contributed by atoms with van der Waals surface area (Å²) in [4.78, 5) is 0. The highest BCUT2D eigenvalue weighted by Gasteiger charge is 2.58. The number of hydrogen-bond acceptors (Lipinski definition) is 1. The second kappa shape index (κ2) is 5.56. The molecule has 124 valence electrons. The monoisotopic (exact) mass is 334 g/mol. The summed E-state index contributed by atoms with van der Waals surface area (Å²) in [6.45, 7) is 1.48. The minimum Gasteiger partial charge on any atom is -0.372 e. The SMILES string of the molecule is Cc1cccc(C(O)(c2ccccc2C(F)(F)F)C(F)(F)F)c1. The van der Waals surface area contributed by atoms with Gasteiger partial charge in [0.2, 0.25) is 5.60 Å². The van der Waals surface area contributed by atoms with Crippen LogP contribution in [0.1, 0.15) is 22.3 Å². The van der Waals surface area contributed by atoms with E-state index in [0.29, 0.717) is 17.7 Å². The van der Waals surface area contributed by atoms with Crippen LogP contribution in [0.5, 0.6) is 0 Å². The molecular weight excluding hydrogens is 322 g/mol. The van der Waals surface area contributed by atoms with Gasteiger partial charge < -0.3 is 5.11 Å². The van der Waals surface area contributed by atoms with Gasteiger partial charge in [-0.05, 0) is 18.6 Å². The van der Waals surface area contributed by atoms with Crippen LogP contribution in [0.2, 0.25) is 0 Å². The topological polar surface area (TPSA) is 20.2 Å². The van der Waals surface area contributed by atoms with E-state index in [-0.39, 0.29) is 0 Å². The summed E-state index contributed by atoms with van der Waals surface area (Å²) < 4.78 is 79.9. The molecule has 0 radical (unpaired) electrons. The number of aryl methyl sites for hydroxylation is 1. The first kappa shape index (κ1) is 17.3. The number of benzene rings is 2. The molecule has 0 saturated carbocycles. The molecule has 0 heterocycles. The van der Waals surface area contributed by atoms with E-state index in [1.807, 2.05) is 0 Å². The van der Waals surface area contributed by atoms with Crippen LogP contribution in [0.15, 0.2) is 48.5 Å². The van der Waals surface area contributed by atoms with Crippen molar-refractivity contribution in [3.8, 4) is 0 Å². The molecule has 0 fully saturated rings. The third-order valence-corrected chi connectivity index (χ3v) is 3.47. The first-order valence-electron chi connectivity index (χ1n) is 6.51. The van der Waals surface area contributed by atoms with Crippen LogP contribution in [0.25, 0.3) is 0 Å². The minimum atomic E-state index is -5.33. The maximum Gasteiger partial charge on any atom is 0.425 e. The van der Waals surface area contributed by atoms with Crippen LogP contribution in [-0.4, -0.2) is 11.3 Å². The normalized spacial score (nSPS) is 15.3. The molecule has 1 unspecified atom stereocenters. The van der Waals surface area contributed by atoms with Gasteiger partial charge in [-0.1, -0.05) is 48.0 Å². The predicted molar refractivity (Wildman–Crippen MR) is 71.7 cm³/mol. The third kappa shape index (κ3) is 3.06. The number of rotatable bonds is 2. The molecule has 23 heavy (non-hydrogen) atoms. The largest absolute Gasteiger partial charge is 0.425 e. The Balaban J connectivity index is 2.82. The van der Waals surface area contributed by atoms with Gasteiger partial charge in [-0.25, -0.2) is 0 Å². The molecule has 0 spiro atoms. The molecule has 7 heteroatoms. The number of hydrogen-bond donors (Lipinski definition) is 1. The van der Waals surface area contributed by atoms with Crippen molar-refractivity contribution in [1.82, 2.24) is 0 Å². The van der Waals surface area contributed by atoms with Crippen LogP contribution in [0.3, 0.4) is 0 Å². The Bertz CT molecular complexity index is 704. The third-order valence-electron chi connectivity index (χ3n) is 3.47. The smallest absolute Gasteiger partial charge is 0.372 e. The van der Waals surface area contributed by atoms with E-state index >= 15 is 0 Å². The van der Waals surface area contributed by atoms with E-state index < -0.39 is 34.6 Å². The highest BCUT2D eigenvalue weighted by Crippen LogP contribution is 2.48. The highest BCUT2D eigenvalue weighted by molar-refractivity contribution is 5.44. The molecule has 0 aliphatic rings. The van der Waals surface area contributed by atoms with Crippen molar-refractivity contribution < 1.29 is 31.4 Å². The zero-order valence-corrected chi connectivity index (χ0v) is 11.8. The summed E-state index contributed by atoms with van der Waals surface area (Å²) in [6.07, 6.45) is -10.4. The average Bonchev–Trinajstić information content (AvgIpc) is 2.44. The van der Waals surface area contributed by atoms with E-state index in [9.17, 15) is 31.4 Å². The van der Waals surface area contributed by atoms with E-state index in [1.54, 1.807) is 0 Å². The van der Waals surface area contributed by atoms with E-state index in [1.165, 1.54) is 19.1 Å². The zero-order valence-electron chi connectivity index (χ0n) is 11.8. The summed E-state index contributed by atoms with van der Waals surface area (Å²) in [6, 6.07) is 7.85. The summed E-state index contributed by atoms with van der Waals surface area (Å²) in [5, 5.41) is 10.3. The predicted octanol–water partition coefficient (Wildman–Crippen LogP) is 4.81. The lowest BCUT2D eigenvalue weighted by Gasteiger charge is -2.33. The van der Waals surface area contributed by atoms with E-state index in [0.717, 1.165) is 24.3 Å². The van der Waals surface area contributed by atoms with Crippen molar-refractivity contribution in [2.24, 2.45) is 0 Å². The molecule has 2 aromatic rings. The second-order valence-corrected chi connectivity index (χ2v) is 5.12. The van der Waals surface area contributed by atoms with Gasteiger partial charge in [-0.2, -0.15) is 26.3 Å². The lowest BCUT2D eigenvalue weighted by molar-refractivity contribution is -0.250. The summed E-state index contributed by atoms with van der Waals surface area (Å²) in [7, 11) is 0. The summed E-state index contributed by atoms with van der Waals surface area (Å²) in [5.74, 6) is 0. The lowest BCUT2D eigenvalue weighted by Crippen LogP contribution is -2.44. The van der Waals surface area contributed by atoms with Crippen molar-refractivity contribution in [2.75, 3.05) is 0 Å². The van der Waals surface area contributed by atoms with Gasteiger partial charge in [0.15, 0.2) is 0 Å². The zero-order chi connectivity index (χ0) is 17.5. The first-order valence-corrected chi connectivity index (χ1v) is 6.51. The van der Waals surface area contributed by atoms with Gasteiger partial charge in [-0.3, -0.25) is 0 Å². The Morgan fingerprint density at radius 2 is 1.35 bits per heavy atom. The number of halogens is 6. The van der Waals surface area contributed by atoms with Crippen LogP contribution >= 0.6 is 0 Å². The molecule has 0 bridgehead atoms. The van der Waals surface area contributed by atoms with E-state index in [2.05, 4.69) is 0 Å². The number of aliphatic hydroxyl groups is 1. The molecule has 0 saturated heterocycles. The minimum absolute atomic E-state index is 0.384. The second-order valence-electron chi connectivity index (χ2n) is 5.12. The molecule has 1 atom stereocenters. The molecular formula is C16H12F6O. The van der Waals surface area contributed by atoms with E-state index in [4.69, 9.17) is 0 Å². The van der Waals surface area contributed by atoms with Gasteiger partial charge >= 0.3 is 12.4 Å². The standard InChI is InChI=1S/C16H12F6O/c1-10-5-4-6-11(9-10)14(23,16(20,21)22)12-7-2-3-8-13(12)15(17,18)19/h2-9,23H,1H3. The molecule has 2 rings (SSSR count). The molecule has 0 aliphatic carbocycles. The maximum atomic E-state index is 13.6. The van der Waals surface area contributed by atoms with Crippen molar-refractivity contribution in [3.05, 3.63) is 70.8 Å². The molecule has 1 N–H and O–H groups in total. The van der Waals surface area contributed by atoms with Crippen LogP contribution in [-0.2, 0) is 11.8 Å².